The van der Waals surface area contributed by atoms with Crippen LogP contribution in [0, 0.1) is 0 Å². The normalized spacial score (nSPS) is 11.4. The maximum Gasteiger partial charge on any atom is 0.164 e. The second kappa shape index (κ2) is 12.8. The number of aromatic nitrogens is 6. The highest BCUT2D eigenvalue weighted by molar-refractivity contribution is 6.06. The van der Waals surface area contributed by atoms with Crippen molar-refractivity contribution in [3.05, 3.63) is 182 Å². The zero-order chi connectivity index (χ0) is 35.1. The Morgan fingerprint density at radius 1 is 0.340 bits per heavy atom. The Balaban J connectivity index is 1.18. The minimum atomic E-state index is 0.605. The highest BCUT2D eigenvalue weighted by atomic mass is 15.1. The van der Waals surface area contributed by atoms with E-state index >= 15 is 0 Å². The number of para-hydroxylation sites is 2. The van der Waals surface area contributed by atoms with Gasteiger partial charge in [0.1, 0.15) is 11.5 Å². The number of nitrogens with zero attached hydrogens (tertiary/aromatic N) is 6. The molecule has 0 spiro atoms. The van der Waals surface area contributed by atoms with E-state index < -0.39 is 0 Å². The molecule has 0 aliphatic carbocycles. The van der Waals surface area contributed by atoms with Crippen molar-refractivity contribution in [3.8, 4) is 67.8 Å². The molecular formula is C47H30N6. The zero-order valence-electron chi connectivity index (χ0n) is 28.5. The van der Waals surface area contributed by atoms with Gasteiger partial charge in [-0.15, -0.1) is 0 Å². The van der Waals surface area contributed by atoms with Crippen LogP contribution in [0.2, 0.25) is 0 Å². The van der Waals surface area contributed by atoms with Crippen LogP contribution in [-0.4, -0.2) is 29.3 Å². The van der Waals surface area contributed by atoms with Crippen molar-refractivity contribution in [1.29, 1.82) is 0 Å². The van der Waals surface area contributed by atoms with Gasteiger partial charge >= 0.3 is 0 Å². The van der Waals surface area contributed by atoms with Gasteiger partial charge in [-0.3, -0.25) is 4.40 Å². The maximum absolute atomic E-state index is 5.50. The van der Waals surface area contributed by atoms with Crippen LogP contribution in [0.5, 0.6) is 0 Å². The van der Waals surface area contributed by atoms with E-state index in [0.717, 1.165) is 77.9 Å². The molecule has 10 rings (SSSR count). The molecule has 0 saturated heterocycles. The summed E-state index contributed by atoms with van der Waals surface area (Å²) < 4.78 is 2.19. The average Bonchev–Trinajstić information content (AvgIpc) is 3.64. The summed E-state index contributed by atoms with van der Waals surface area (Å²) in [6.45, 7) is 0. The number of hydrogen-bond donors (Lipinski definition) is 0. The molecule has 3 heterocycles. The van der Waals surface area contributed by atoms with E-state index in [0.29, 0.717) is 17.5 Å². The summed E-state index contributed by atoms with van der Waals surface area (Å²) in [7, 11) is 0. The molecule has 248 valence electrons. The fourth-order valence-electron chi connectivity index (χ4n) is 7.04. The Labute approximate surface area is 305 Å². The van der Waals surface area contributed by atoms with Crippen LogP contribution in [0.1, 0.15) is 0 Å². The molecule has 3 aromatic heterocycles. The molecule has 53 heavy (non-hydrogen) atoms. The fraction of sp³-hybridized carbons (Fsp3) is 0. The van der Waals surface area contributed by atoms with Crippen molar-refractivity contribution in [2.45, 2.75) is 0 Å². The van der Waals surface area contributed by atoms with Crippen LogP contribution in [0.4, 0.5) is 0 Å². The zero-order valence-corrected chi connectivity index (χ0v) is 28.5. The van der Waals surface area contributed by atoms with Crippen LogP contribution < -0.4 is 0 Å². The Kier molecular flexibility index (Phi) is 7.36. The summed E-state index contributed by atoms with van der Waals surface area (Å²) >= 11 is 0. The molecular weight excluding hydrogens is 649 g/mol. The number of rotatable bonds is 6. The topological polar surface area (TPSA) is 68.9 Å². The highest BCUT2D eigenvalue weighted by Crippen LogP contribution is 2.38. The lowest BCUT2D eigenvalue weighted by Gasteiger charge is -2.15. The van der Waals surface area contributed by atoms with Gasteiger partial charge in [0.15, 0.2) is 17.5 Å². The van der Waals surface area contributed by atoms with Gasteiger partial charge in [0.25, 0.3) is 0 Å². The van der Waals surface area contributed by atoms with Gasteiger partial charge in [0, 0.05) is 33.2 Å². The number of benzene rings is 7. The second-order valence-electron chi connectivity index (χ2n) is 13.0. The van der Waals surface area contributed by atoms with Gasteiger partial charge in [-0.05, 0) is 41.0 Å². The lowest BCUT2D eigenvalue weighted by Crippen LogP contribution is -2.01. The minimum Gasteiger partial charge on any atom is -0.276 e. The molecule has 0 radical (unpaired) electrons. The Morgan fingerprint density at radius 3 is 1.40 bits per heavy atom. The van der Waals surface area contributed by atoms with Crippen molar-refractivity contribution >= 4 is 27.6 Å². The Bertz CT molecular complexity index is 2850. The van der Waals surface area contributed by atoms with Gasteiger partial charge in [-0.25, -0.2) is 24.9 Å². The third kappa shape index (κ3) is 5.50. The number of imidazole rings is 1. The maximum atomic E-state index is 5.50. The summed E-state index contributed by atoms with van der Waals surface area (Å²) in [4.78, 5) is 25.5. The molecule has 0 amide bonds. The predicted octanol–water partition coefficient (Wildman–Crippen LogP) is 11.2. The molecule has 0 saturated carbocycles. The van der Waals surface area contributed by atoms with Gasteiger partial charge < -0.3 is 0 Å². The summed E-state index contributed by atoms with van der Waals surface area (Å²) in [6, 6.07) is 62.2. The first-order valence-electron chi connectivity index (χ1n) is 17.6. The molecule has 7 aromatic carbocycles. The van der Waals surface area contributed by atoms with Crippen LogP contribution in [0.3, 0.4) is 0 Å². The molecule has 0 aliphatic rings. The third-order valence-electron chi connectivity index (χ3n) is 9.63. The second-order valence-corrected chi connectivity index (χ2v) is 13.0. The molecule has 0 bridgehead atoms. The summed E-state index contributed by atoms with van der Waals surface area (Å²) in [6.07, 6.45) is 0. The third-order valence-corrected chi connectivity index (χ3v) is 9.63. The molecule has 0 atom stereocenters. The first-order valence-corrected chi connectivity index (χ1v) is 17.6. The summed E-state index contributed by atoms with van der Waals surface area (Å²) in [5, 5.41) is 0.994. The molecule has 10 aromatic rings. The molecule has 6 heteroatoms. The molecule has 0 N–H and O–H groups in total. The van der Waals surface area contributed by atoms with Crippen LogP contribution in [0.15, 0.2) is 182 Å². The quantitative estimate of drug-likeness (QED) is 0.175. The van der Waals surface area contributed by atoms with Gasteiger partial charge in [-0.1, -0.05) is 158 Å². The number of hydrogen-bond acceptors (Lipinski definition) is 5. The fourth-order valence-corrected chi connectivity index (χ4v) is 7.04. The van der Waals surface area contributed by atoms with E-state index in [4.69, 9.17) is 24.9 Å². The smallest absolute Gasteiger partial charge is 0.164 e. The standard InChI is InChI=1S/C47H30N6/c1-5-15-31(16-6-1)37-29-38(32-17-7-2-8-18-32)42-39(30-37)47-48-40-23-13-14-24-41(40)53(47)46(49-42)36-27-25-35(26-28-36)45-51-43(33-19-9-3-10-20-33)50-44(52-45)34-21-11-4-12-22-34/h1-30H. The lowest BCUT2D eigenvalue weighted by atomic mass is 9.95. The number of fused-ring (bicyclic) bond motifs is 5. The van der Waals surface area contributed by atoms with Crippen molar-refractivity contribution in [1.82, 2.24) is 29.3 Å². The van der Waals surface area contributed by atoms with Crippen LogP contribution in [-0.2, 0) is 0 Å². The highest BCUT2D eigenvalue weighted by Gasteiger charge is 2.20. The summed E-state index contributed by atoms with van der Waals surface area (Å²) in [5.41, 5.74) is 11.8. The summed E-state index contributed by atoms with van der Waals surface area (Å²) in [5.74, 6) is 2.67. The van der Waals surface area contributed by atoms with Crippen LogP contribution >= 0.6 is 0 Å². The monoisotopic (exact) mass is 678 g/mol. The van der Waals surface area contributed by atoms with Gasteiger partial charge in [-0.2, -0.15) is 0 Å². The average molecular weight is 679 g/mol. The van der Waals surface area contributed by atoms with E-state index in [-0.39, 0.29) is 0 Å². The van der Waals surface area contributed by atoms with E-state index in [9.17, 15) is 0 Å². The lowest BCUT2D eigenvalue weighted by molar-refractivity contribution is 1.07. The SMILES string of the molecule is c1ccc(-c2cc(-c3ccccc3)c3nc(-c4ccc(-c5nc(-c6ccccc6)nc(-c6ccccc6)n5)cc4)n4c5ccccc5nc4c3c2)cc1. The predicted molar refractivity (Wildman–Crippen MR) is 214 cm³/mol. The van der Waals surface area contributed by atoms with E-state index in [1.54, 1.807) is 0 Å². The van der Waals surface area contributed by atoms with Crippen molar-refractivity contribution < 1.29 is 0 Å². The Morgan fingerprint density at radius 2 is 0.811 bits per heavy atom. The molecule has 6 nitrogen and oxygen atoms in total. The largest absolute Gasteiger partial charge is 0.276 e. The molecule has 0 unspecified atom stereocenters. The minimum absolute atomic E-state index is 0.605. The Hall–Kier alpha value is -7.31. The van der Waals surface area contributed by atoms with E-state index in [2.05, 4.69) is 108 Å². The van der Waals surface area contributed by atoms with Crippen molar-refractivity contribution in [2.24, 2.45) is 0 Å². The first-order chi connectivity index (χ1) is 26.3. The van der Waals surface area contributed by atoms with Gasteiger partial charge in [0.05, 0.1) is 16.6 Å². The van der Waals surface area contributed by atoms with Gasteiger partial charge in [0.2, 0.25) is 0 Å². The van der Waals surface area contributed by atoms with Crippen molar-refractivity contribution in [3.63, 3.8) is 0 Å². The van der Waals surface area contributed by atoms with E-state index in [1.807, 2.05) is 78.9 Å². The first kappa shape index (κ1) is 30.5. The molecule has 0 fully saturated rings. The van der Waals surface area contributed by atoms with E-state index in [1.165, 1.54) is 0 Å². The van der Waals surface area contributed by atoms with Crippen molar-refractivity contribution in [2.75, 3.05) is 0 Å². The molecule has 0 aliphatic heterocycles. The van der Waals surface area contributed by atoms with Crippen LogP contribution in [0.25, 0.3) is 95.4 Å².